The van der Waals surface area contributed by atoms with E-state index in [1.165, 1.54) is 12.8 Å². The Morgan fingerprint density at radius 1 is 1.08 bits per heavy atom. The molecule has 0 unspecified atom stereocenters. The Morgan fingerprint density at radius 2 is 1.88 bits per heavy atom. The first-order chi connectivity index (χ1) is 12.7. The molecule has 26 heavy (non-hydrogen) atoms. The molecule has 0 atom stereocenters. The smallest absolute Gasteiger partial charge is 0.261 e. The summed E-state index contributed by atoms with van der Waals surface area (Å²) in [7, 11) is 0. The second-order valence-electron chi connectivity index (χ2n) is 7.33. The summed E-state index contributed by atoms with van der Waals surface area (Å²) in [6.07, 6.45) is 6.56. The molecular formula is C20H26N4O2. The number of hydrogen-bond acceptors (Lipinski definition) is 4. The van der Waals surface area contributed by atoms with E-state index < -0.39 is 0 Å². The number of hydrogen-bond donors (Lipinski definition) is 1. The number of amides is 1. The second-order valence-corrected chi connectivity index (χ2v) is 7.33. The number of aryl methyl sites for hydroxylation is 1. The molecule has 2 aliphatic rings. The van der Waals surface area contributed by atoms with Gasteiger partial charge in [-0.25, -0.2) is 4.98 Å². The van der Waals surface area contributed by atoms with Crippen LogP contribution < -0.4 is 10.9 Å². The summed E-state index contributed by atoms with van der Waals surface area (Å²) in [4.78, 5) is 32.3. The number of benzene rings is 1. The monoisotopic (exact) mass is 354 g/mol. The topological polar surface area (TPSA) is 67.2 Å². The molecule has 6 heteroatoms. The van der Waals surface area contributed by atoms with Gasteiger partial charge in [0.1, 0.15) is 5.82 Å². The minimum atomic E-state index is -0.0945. The van der Waals surface area contributed by atoms with E-state index in [0.29, 0.717) is 23.0 Å². The van der Waals surface area contributed by atoms with Gasteiger partial charge in [-0.1, -0.05) is 6.42 Å². The van der Waals surface area contributed by atoms with Crippen LogP contribution in [0.1, 0.15) is 48.3 Å². The van der Waals surface area contributed by atoms with Crippen molar-refractivity contribution in [3.05, 3.63) is 39.9 Å². The number of carbonyl (C=O) groups excluding carboxylic acids is 1. The van der Waals surface area contributed by atoms with Crippen LogP contribution >= 0.6 is 0 Å². The van der Waals surface area contributed by atoms with Gasteiger partial charge in [0.05, 0.1) is 10.9 Å². The predicted octanol–water partition coefficient (Wildman–Crippen LogP) is 1.95. The van der Waals surface area contributed by atoms with Gasteiger partial charge >= 0.3 is 0 Å². The molecule has 4 rings (SSSR count). The summed E-state index contributed by atoms with van der Waals surface area (Å²) in [5, 5.41) is 3.59. The summed E-state index contributed by atoms with van der Waals surface area (Å²) >= 11 is 0. The Labute approximate surface area is 153 Å². The van der Waals surface area contributed by atoms with Gasteiger partial charge in [-0.2, -0.15) is 0 Å². The van der Waals surface area contributed by atoms with Crippen molar-refractivity contribution < 1.29 is 4.79 Å². The molecule has 0 spiro atoms. The lowest BCUT2D eigenvalue weighted by atomic mass is 10.1. The van der Waals surface area contributed by atoms with Crippen molar-refractivity contribution in [3.8, 4) is 0 Å². The molecule has 1 amide bonds. The van der Waals surface area contributed by atoms with Gasteiger partial charge in [0.2, 0.25) is 0 Å². The fourth-order valence-electron chi connectivity index (χ4n) is 4.00. The highest BCUT2D eigenvalue weighted by Crippen LogP contribution is 2.16. The SMILES string of the molecule is O=C(NCCN1CCCC1)c1ccc2c(=O)n3c(nc2c1)CCCCC3. The lowest BCUT2D eigenvalue weighted by molar-refractivity contribution is 0.0950. The Morgan fingerprint density at radius 3 is 2.73 bits per heavy atom. The van der Waals surface area contributed by atoms with Gasteiger partial charge in [0, 0.05) is 31.6 Å². The summed E-state index contributed by atoms with van der Waals surface area (Å²) < 4.78 is 1.81. The van der Waals surface area contributed by atoms with Crippen LogP contribution in [-0.4, -0.2) is 46.5 Å². The minimum Gasteiger partial charge on any atom is -0.351 e. The normalized spacial score (nSPS) is 17.8. The first-order valence-electron chi connectivity index (χ1n) is 9.76. The summed E-state index contributed by atoms with van der Waals surface area (Å²) in [6, 6.07) is 5.24. The molecule has 1 N–H and O–H groups in total. The van der Waals surface area contributed by atoms with Gasteiger partial charge in [0.15, 0.2) is 0 Å². The fraction of sp³-hybridized carbons (Fsp3) is 0.550. The Kier molecular flexibility index (Phi) is 5.02. The summed E-state index contributed by atoms with van der Waals surface area (Å²) in [6.45, 7) is 4.55. The number of nitrogens with one attached hydrogen (secondary N) is 1. The molecule has 1 aromatic heterocycles. The van der Waals surface area contributed by atoms with E-state index in [9.17, 15) is 9.59 Å². The van der Waals surface area contributed by atoms with Crippen LogP contribution in [0, 0.1) is 0 Å². The summed E-state index contributed by atoms with van der Waals surface area (Å²) in [5.74, 6) is 0.759. The van der Waals surface area contributed by atoms with Crippen molar-refractivity contribution in [1.29, 1.82) is 0 Å². The van der Waals surface area contributed by atoms with E-state index in [2.05, 4.69) is 10.2 Å². The van der Waals surface area contributed by atoms with Crippen molar-refractivity contribution in [1.82, 2.24) is 19.8 Å². The average molecular weight is 354 g/mol. The number of rotatable bonds is 4. The van der Waals surface area contributed by atoms with Crippen LogP contribution in [0.3, 0.4) is 0 Å². The third-order valence-electron chi connectivity index (χ3n) is 5.49. The molecule has 2 aromatic rings. The largest absolute Gasteiger partial charge is 0.351 e. The Balaban J connectivity index is 1.53. The lowest BCUT2D eigenvalue weighted by Crippen LogP contribution is -2.33. The molecule has 0 saturated carbocycles. The van der Waals surface area contributed by atoms with Gasteiger partial charge in [-0.05, 0) is 57.0 Å². The fourth-order valence-corrected chi connectivity index (χ4v) is 4.00. The van der Waals surface area contributed by atoms with Crippen LogP contribution in [0.15, 0.2) is 23.0 Å². The number of carbonyl (C=O) groups is 1. The summed E-state index contributed by atoms with van der Waals surface area (Å²) in [5.41, 5.74) is 1.23. The predicted molar refractivity (Wildman–Crippen MR) is 102 cm³/mol. The van der Waals surface area contributed by atoms with E-state index in [0.717, 1.165) is 57.7 Å². The Bertz CT molecular complexity index is 868. The maximum atomic E-state index is 12.7. The van der Waals surface area contributed by atoms with E-state index >= 15 is 0 Å². The molecule has 1 saturated heterocycles. The van der Waals surface area contributed by atoms with E-state index in [1.807, 2.05) is 4.57 Å². The number of nitrogens with zero attached hydrogens (tertiary/aromatic N) is 3. The van der Waals surface area contributed by atoms with Crippen molar-refractivity contribution in [2.45, 2.75) is 45.1 Å². The second kappa shape index (κ2) is 7.58. The van der Waals surface area contributed by atoms with Crippen molar-refractivity contribution in [2.24, 2.45) is 0 Å². The van der Waals surface area contributed by atoms with Crippen molar-refractivity contribution in [2.75, 3.05) is 26.2 Å². The van der Waals surface area contributed by atoms with Crippen LogP contribution in [0.5, 0.6) is 0 Å². The molecule has 2 aliphatic heterocycles. The molecule has 138 valence electrons. The standard InChI is InChI=1S/C20H26N4O2/c25-19(21-9-13-23-10-4-5-11-23)15-7-8-16-17(14-15)22-18-6-2-1-3-12-24(18)20(16)26/h7-8,14H,1-6,9-13H2,(H,21,25). The highest BCUT2D eigenvalue weighted by atomic mass is 16.1. The molecule has 6 nitrogen and oxygen atoms in total. The van der Waals surface area contributed by atoms with Gasteiger partial charge in [-0.3, -0.25) is 14.2 Å². The van der Waals surface area contributed by atoms with Crippen molar-refractivity contribution >= 4 is 16.8 Å². The van der Waals surface area contributed by atoms with E-state index in [1.54, 1.807) is 18.2 Å². The van der Waals surface area contributed by atoms with Gasteiger partial charge < -0.3 is 10.2 Å². The minimum absolute atomic E-state index is 0.0212. The zero-order valence-electron chi connectivity index (χ0n) is 15.2. The molecule has 1 fully saturated rings. The highest BCUT2D eigenvalue weighted by Gasteiger charge is 2.16. The first kappa shape index (κ1) is 17.2. The number of aromatic nitrogens is 2. The first-order valence-corrected chi connectivity index (χ1v) is 9.76. The molecule has 0 radical (unpaired) electrons. The third-order valence-corrected chi connectivity index (χ3v) is 5.49. The molecule has 0 bridgehead atoms. The zero-order chi connectivity index (χ0) is 17.9. The lowest BCUT2D eigenvalue weighted by Gasteiger charge is -2.15. The quantitative estimate of drug-likeness (QED) is 0.911. The van der Waals surface area contributed by atoms with Crippen LogP contribution in [0.4, 0.5) is 0 Å². The molecule has 0 aliphatic carbocycles. The Hall–Kier alpha value is -2.21. The van der Waals surface area contributed by atoms with E-state index in [4.69, 9.17) is 4.98 Å². The molecule has 1 aromatic carbocycles. The number of likely N-dealkylation sites (tertiary alicyclic amines) is 1. The molecular weight excluding hydrogens is 328 g/mol. The van der Waals surface area contributed by atoms with Crippen LogP contribution in [0.25, 0.3) is 10.9 Å². The number of fused-ring (bicyclic) bond motifs is 2. The maximum Gasteiger partial charge on any atom is 0.261 e. The van der Waals surface area contributed by atoms with E-state index in [-0.39, 0.29) is 11.5 Å². The van der Waals surface area contributed by atoms with Crippen LogP contribution in [-0.2, 0) is 13.0 Å². The van der Waals surface area contributed by atoms with Gasteiger partial charge in [-0.15, -0.1) is 0 Å². The van der Waals surface area contributed by atoms with Crippen LogP contribution in [0.2, 0.25) is 0 Å². The van der Waals surface area contributed by atoms with Gasteiger partial charge in [0.25, 0.3) is 11.5 Å². The molecule has 3 heterocycles. The third kappa shape index (κ3) is 3.51. The zero-order valence-corrected chi connectivity index (χ0v) is 15.2. The van der Waals surface area contributed by atoms with Crippen molar-refractivity contribution in [3.63, 3.8) is 0 Å². The average Bonchev–Trinajstić information content (AvgIpc) is 3.05. The highest BCUT2D eigenvalue weighted by molar-refractivity contribution is 5.97. The maximum absolute atomic E-state index is 12.7.